The number of benzene rings is 1. The lowest BCUT2D eigenvalue weighted by molar-refractivity contribution is -0.137. The van der Waals surface area contributed by atoms with E-state index in [-0.39, 0.29) is 0 Å². The Morgan fingerprint density at radius 1 is 1.29 bits per heavy atom. The fourth-order valence-electron chi connectivity index (χ4n) is 1.04. The lowest BCUT2D eigenvalue weighted by atomic mass is 10.2. The van der Waals surface area contributed by atoms with E-state index in [2.05, 4.69) is 37.2 Å². The van der Waals surface area contributed by atoms with Crippen molar-refractivity contribution >= 4 is 61.0 Å². The zero-order chi connectivity index (χ0) is 13.0. The number of hydrogen-bond acceptors (Lipinski definition) is 2. The molecule has 92 valence electrons. The van der Waals surface area contributed by atoms with Gasteiger partial charge in [-0.3, -0.25) is 9.59 Å². The lowest BCUT2D eigenvalue weighted by Crippen LogP contribution is -2.34. The summed E-state index contributed by atoms with van der Waals surface area (Å²) in [4.78, 5) is 20.5. The van der Waals surface area contributed by atoms with Gasteiger partial charge < -0.3 is 10.4 Å². The number of anilines is 1. The molecule has 0 aliphatic rings. The van der Waals surface area contributed by atoms with Gasteiger partial charge in [0.05, 0.1) is 0 Å². The minimum absolute atomic E-state index is 0.462. The minimum Gasteiger partial charge on any atom is -0.480 e. The van der Waals surface area contributed by atoms with Crippen molar-refractivity contribution in [1.82, 2.24) is 0 Å². The van der Waals surface area contributed by atoms with E-state index in [1.54, 1.807) is 24.3 Å². The average Bonchev–Trinajstić information content (AvgIpc) is 2.26. The van der Waals surface area contributed by atoms with Crippen LogP contribution in [-0.2, 0) is 9.59 Å². The molecule has 4 nitrogen and oxygen atoms in total. The summed E-state index contributed by atoms with van der Waals surface area (Å²) < 4.78 is 0. The topological polar surface area (TPSA) is 66.4 Å². The summed E-state index contributed by atoms with van der Waals surface area (Å²) in [5.74, 6) is -1.58. The molecule has 1 amide bonds. The number of alkyl halides is 2. The lowest BCUT2D eigenvalue weighted by Gasteiger charge is -2.13. The number of aliphatic carboxylic acids is 1. The number of carbonyl (C=O) groups is 2. The molecule has 1 rings (SSSR count). The first-order valence-corrected chi connectivity index (χ1v) is 6.70. The molecule has 1 aromatic carbocycles. The Morgan fingerprint density at radius 3 is 2.47 bits per heavy atom. The van der Waals surface area contributed by atoms with Gasteiger partial charge in [0.2, 0.25) is 5.91 Å². The predicted octanol–water partition coefficient (Wildman–Crippen LogP) is 2.89. The number of nitrogens with one attached hydrogen (secondary N) is 1. The zero-order valence-electron chi connectivity index (χ0n) is 8.36. The molecule has 0 saturated carbocycles. The van der Waals surface area contributed by atoms with E-state index in [9.17, 15) is 9.59 Å². The summed E-state index contributed by atoms with van der Waals surface area (Å²) in [6, 6.07) is 6.59. The molecule has 0 saturated heterocycles. The third-order valence-electron chi connectivity index (χ3n) is 1.84. The van der Waals surface area contributed by atoms with Crippen LogP contribution in [0.3, 0.4) is 0 Å². The van der Waals surface area contributed by atoms with Crippen LogP contribution in [0, 0.1) is 0 Å². The molecule has 7 heteroatoms. The van der Waals surface area contributed by atoms with Gasteiger partial charge in [0.15, 0.2) is 0 Å². The van der Waals surface area contributed by atoms with Crippen molar-refractivity contribution in [2.75, 3.05) is 5.32 Å². The third-order valence-corrected chi connectivity index (χ3v) is 4.64. The number of amides is 1. The molecular formula is C10H8Br2ClNO3. The van der Waals surface area contributed by atoms with Crippen LogP contribution in [0.4, 0.5) is 5.69 Å². The van der Waals surface area contributed by atoms with E-state index in [0.29, 0.717) is 10.7 Å². The first-order chi connectivity index (χ1) is 7.91. The fraction of sp³-hybridized carbons (Fsp3) is 0.200. The van der Waals surface area contributed by atoms with Crippen molar-refractivity contribution in [3.63, 3.8) is 0 Å². The summed E-state index contributed by atoms with van der Waals surface area (Å²) in [6.45, 7) is 0. The molecule has 0 bridgehead atoms. The van der Waals surface area contributed by atoms with Gasteiger partial charge in [-0.15, -0.1) is 0 Å². The van der Waals surface area contributed by atoms with Crippen LogP contribution < -0.4 is 5.32 Å². The first kappa shape index (κ1) is 14.5. The maximum absolute atomic E-state index is 11.7. The van der Waals surface area contributed by atoms with Gasteiger partial charge in [-0.1, -0.05) is 49.5 Å². The van der Waals surface area contributed by atoms with Crippen LogP contribution in [0.25, 0.3) is 0 Å². The van der Waals surface area contributed by atoms with Crippen LogP contribution in [0.5, 0.6) is 0 Å². The Kier molecular flexibility index (Phi) is 5.42. The molecule has 0 heterocycles. The highest BCUT2D eigenvalue weighted by molar-refractivity contribution is 9.12. The standard InChI is InChI=1S/C10H8Br2ClNO3/c11-7(8(12)10(16)17)9(15)14-6-3-1-2-5(13)4-6/h1-4,7-8H,(H,14,15)(H,16,17)/t7-,8+/m1/s1. The van der Waals surface area contributed by atoms with Gasteiger partial charge in [0.1, 0.15) is 9.65 Å². The highest BCUT2D eigenvalue weighted by Gasteiger charge is 2.29. The smallest absolute Gasteiger partial charge is 0.318 e. The molecule has 17 heavy (non-hydrogen) atoms. The second-order valence-electron chi connectivity index (χ2n) is 3.14. The highest BCUT2D eigenvalue weighted by atomic mass is 79.9. The largest absolute Gasteiger partial charge is 0.480 e. The SMILES string of the molecule is O=C(O)[C@@H](Br)[C@@H](Br)C(=O)Nc1cccc(Cl)c1. The maximum atomic E-state index is 11.7. The Bertz CT molecular complexity index is 441. The van der Waals surface area contributed by atoms with Gasteiger partial charge in [0.25, 0.3) is 0 Å². The van der Waals surface area contributed by atoms with Gasteiger partial charge in [0, 0.05) is 10.7 Å². The number of carboxylic acids is 1. The molecule has 2 N–H and O–H groups in total. The first-order valence-electron chi connectivity index (χ1n) is 4.49. The van der Waals surface area contributed by atoms with Crippen LogP contribution in [0.15, 0.2) is 24.3 Å². The van der Waals surface area contributed by atoms with Crippen LogP contribution in [0.1, 0.15) is 0 Å². The van der Waals surface area contributed by atoms with Crippen molar-refractivity contribution in [3.8, 4) is 0 Å². The summed E-state index contributed by atoms with van der Waals surface area (Å²) in [7, 11) is 0. The molecule has 0 aliphatic carbocycles. The number of rotatable bonds is 4. The molecule has 0 spiro atoms. The molecule has 0 fully saturated rings. The monoisotopic (exact) mass is 383 g/mol. The van der Waals surface area contributed by atoms with E-state index in [0.717, 1.165) is 0 Å². The second kappa shape index (κ2) is 6.37. The Labute approximate surface area is 120 Å². The fourth-order valence-corrected chi connectivity index (χ4v) is 1.81. The second-order valence-corrected chi connectivity index (χ2v) is 5.55. The summed E-state index contributed by atoms with van der Waals surface area (Å²) in [5.41, 5.74) is 0.511. The third kappa shape index (κ3) is 4.29. The van der Waals surface area contributed by atoms with Gasteiger partial charge in [-0.25, -0.2) is 0 Å². The quantitative estimate of drug-likeness (QED) is 0.784. The van der Waals surface area contributed by atoms with Crippen molar-refractivity contribution in [1.29, 1.82) is 0 Å². The van der Waals surface area contributed by atoms with E-state index in [1.165, 1.54) is 0 Å². The van der Waals surface area contributed by atoms with Gasteiger partial charge in [-0.05, 0) is 18.2 Å². The van der Waals surface area contributed by atoms with Crippen molar-refractivity contribution in [3.05, 3.63) is 29.3 Å². The Morgan fingerprint density at radius 2 is 1.94 bits per heavy atom. The van der Waals surface area contributed by atoms with Crippen LogP contribution in [0.2, 0.25) is 5.02 Å². The Hall–Kier alpha value is -0.590. The molecule has 0 aliphatic heterocycles. The van der Waals surface area contributed by atoms with E-state index in [1.807, 2.05) is 0 Å². The maximum Gasteiger partial charge on any atom is 0.318 e. The van der Waals surface area contributed by atoms with E-state index < -0.39 is 21.5 Å². The number of carboxylic acid groups (broad SMARTS) is 1. The van der Waals surface area contributed by atoms with Crippen LogP contribution >= 0.6 is 43.5 Å². The highest BCUT2D eigenvalue weighted by Crippen LogP contribution is 2.19. The van der Waals surface area contributed by atoms with Crippen molar-refractivity contribution in [2.45, 2.75) is 9.65 Å². The summed E-state index contributed by atoms with van der Waals surface area (Å²) >= 11 is 11.7. The Balaban J connectivity index is 2.69. The van der Waals surface area contributed by atoms with E-state index in [4.69, 9.17) is 16.7 Å². The van der Waals surface area contributed by atoms with Crippen LogP contribution in [-0.4, -0.2) is 26.6 Å². The minimum atomic E-state index is -1.12. The summed E-state index contributed by atoms with van der Waals surface area (Å²) in [6.07, 6.45) is 0. The molecular weight excluding hydrogens is 377 g/mol. The zero-order valence-corrected chi connectivity index (χ0v) is 12.3. The van der Waals surface area contributed by atoms with Crippen molar-refractivity contribution in [2.24, 2.45) is 0 Å². The molecule has 2 atom stereocenters. The predicted molar refractivity (Wildman–Crippen MR) is 73.1 cm³/mol. The van der Waals surface area contributed by atoms with Gasteiger partial charge in [-0.2, -0.15) is 0 Å². The number of hydrogen-bond donors (Lipinski definition) is 2. The number of halogens is 3. The molecule has 1 aromatic rings. The summed E-state index contributed by atoms with van der Waals surface area (Å²) in [5, 5.41) is 11.8. The average molecular weight is 385 g/mol. The molecule has 0 aromatic heterocycles. The number of carbonyl (C=O) groups excluding carboxylic acids is 1. The van der Waals surface area contributed by atoms with E-state index >= 15 is 0 Å². The molecule has 0 unspecified atom stereocenters. The normalized spacial score (nSPS) is 13.8. The van der Waals surface area contributed by atoms with Crippen molar-refractivity contribution < 1.29 is 14.7 Å². The molecule has 0 radical (unpaired) electrons. The van der Waals surface area contributed by atoms with Gasteiger partial charge >= 0.3 is 5.97 Å².